The molecule has 1 fully saturated rings. The average Bonchev–Trinajstić information content (AvgIpc) is 2.17. The van der Waals surface area contributed by atoms with Crippen LogP contribution in [-0.2, 0) is 0 Å². The van der Waals surface area contributed by atoms with Crippen molar-refractivity contribution >= 4 is 27.3 Å². The van der Waals surface area contributed by atoms with Crippen LogP contribution in [0.4, 0.5) is 11.4 Å². The van der Waals surface area contributed by atoms with E-state index in [4.69, 9.17) is 0 Å². The number of aliphatic hydroxyl groups is 1. The number of nitro groups is 1. The van der Waals surface area contributed by atoms with Crippen molar-refractivity contribution in [2.75, 3.05) is 5.32 Å². The van der Waals surface area contributed by atoms with Crippen LogP contribution in [0.1, 0.15) is 19.8 Å². The van der Waals surface area contributed by atoms with Gasteiger partial charge in [-0.2, -0.15) is 0 Å². The molecule has 0 heterocycles. The second kappa shape index (κ2) is 4.27. The summed E-state index contributed by atoms with van der Waals surface area (Å²) in [5.41, 5.74) is -0.0912. The molecular weight excluding hydrogens is 288 g/mol. The third-order valence-corrected chi connectivity index (χ3v) is 3.38. The van der Waals surface area contributed by atoms with Crippen molar-refractivity contribution in [1.82, 2.24) is 0 Å². The lowest BCUT2D eigenvalue weighted by molar-refractivity contribution is -0.384. The van der Waals surface area contributed by atoms with E-state index in [2.05, 4.69) is 21.2 Å². The van der Waals surface area contributed by atoms with Crippen molar-refractivity contribution in [1.29, 1.82) is 0 Å². The maximum Gasteiger partial charge on any atom is 0.293 e. The van der Waals surface area contributed by atoms with Crippen molar-refractivity contribution in [3.05, 3.63) is 32.8 Å². The fraction of sp³-hybridized carbons (Fsp3) is 0.455. The van der Waals surface area contributed by atoms with Crippen LogP contribution < -0.4 is 5.32 Å². The van der Waals surface area contributed by atoms with Crippen LogP contribution in [0.3, 0.4) is 0 Å². The molecule has 0 spiro atoms. The molecule has 1 aliphatic rings. The van der Waals surface area contributed by atoms with Crippen molar-refractivity contribution in [3.63, 3.8) is 0 Å². The van der Waals surface area contributed by atoms with Crippen LogP contribution >= 0.6 is 15.9 Å². The Morgan fingerprint density at radius 1 is 1.59 bits per heavy atom. The first-order valence-electron chi connectivity index (χ1n) is 5.30. The summed E-state index contributed by atoms with van der Waals surface area (Å²) < 4.78 is 0.676. The van der Waals surface area contributed by atoms with Crippen LogP contribution in [0.5, 0.6) is 0 Å². The van der Waals surface area contributed by atoms with Gasteiger partial charge in [-0.25, -0.2) is 0 Å². The van der Waals surface area contributed by atoms with Gasteiger partial charge in [-0.15, -0.1) is 0 Å². The molecule has 6 heteroatoms. The van der Waals surface area contributed by atoms with Gasteiger partial charge in [0.05, 0.1) is 10.5 Å². The Bertz CT molecular complexity index is 454. The summed E-state index contributed by atoms with van der Waals surface area (Å²) in [6.45, 7) is 1.77. The first-order valence-corrected chi connectivity index (χ1v) is 6.09. The lowest BCUT2D eigenvalue weighted by Crippen LogP contribution is -2.48. The Morgan fingerprint density at radius 2 is 2.24 bits per heavy atom. The van der Waals surface area contributed by atoms with Crippen molar-refractivity contribution < 1.29 is 10.0 Å². The van der Waals surface area contributed by atoms with E-state index in [9.17, 15) is 15.2 Å². The van der Waals surface area contributed by atoms with Gasteiger partial charge in [0.25, 0.3) is 5.69 Å². The molecule has 2 N–H and O–H groups in total. The minimum absolute atomic E-state index is 0.0471. The number of nitrogens with zero attached hydrogens (tertiary/aromatic N) is 1. The lowest BCUT2D eigenvalue weighted by Gasteiger charge is -2.41. The first kappa shape index (κ1) is 12.3. The van der Waals surface area contributed by atoms with Crippen molar-refractivity contribution in [2.45, 2.75) is 31.4 Å². The number of nitro benzene ring substituents is 1. The molecule has 1 aromatic rings. The average molecular weight is 301 g/mol. The standard InChI is InChI=1S/C11H13BrN2O3/c1-11(15)5-8(6-11)13-9-3-2-7(12)4-10(9)14(16)17/h2-4,8,13,15H,5-6H2,1H3. The molecule has 2 rings (SSSR count). The highest BCUT2D eigenvalue weighted by molar-refractivity contribution is 9.10. The number of nitrogens with one attached hydrogen (secondary N) is 1. The predicted molar refractivity (Wildman–Crippen MR) is 68.1 cm³/mol. The van der Waals surface area contributed by atoms with Gasteiger partial charge < -0.3 is 10.4 Å². The summed E-state index contributed by atoms with van der Waals surface area (Å²) in [4.78, 5) is 10.5. The SMILES string of the molecule is CC1(O)CC(Nc2ccc(Br)cc2[N+](=O)[O-])C1. The Morgan fingerprint density at radius 3 is 2.76 bits per heavy atom. The molecular formula is C11H13BrN2O3. The number of hydrogen-bond acceptors (Lipinski definition) is 4. The van der Waals surface area contributed by atoms with Gasteiger partial charge in [0.1, 0.15) is 5.69 Å². The van der Waals surface area contributed by atoms with Crippen LogP contribution in [0, 0.1) is 10.1 Å². The molecule has 1 aromatic carbocycles. The topological polar surface area (TPSA) is 75.4 Å². The maximum absolute atomic E-state index is 10.9. The summed E-state index contributed by atoms with van der Waals surface area (Å²) >= 11 is 3.21. The van der Waals surface area contributed by atoms with E-state index in [1.54, 1.807) is 19.1 Å². The van der Waals surface area contributed by atoms with E-state index in [0.29, 0.717) is 23.0 Å². The summed E-state index contributed by atoms with van der Waals surface area (Å²) in [5, 5.41) is 23.6. The van der Waals surface area contributed by atoms with Crippen LogP contribution in [-0.4, -0.2) is 21.7 Å². The first-order chi connectivity index (χ1) is 7.87. The van der Waals surface area contributed by atoms with Crippen LogP contribution in [0.25, 0.3) is 0 Å². The van der Waals surface area contributed by atoms with Gasteiger partial charge in [-0.05, 0) is 31.9 Å². The molecule has 5 nitrogen and oxygen atoms in total. The number of hydrogen-bond donors (Lipinski definition) is 2. The molecule has 1 aliphatic carbocycles. The molecule has 0 bridgehead atoms. The Kier molecular flexibility index (Phi) is 3.09. The molecule has 17 heavy (non-hydrogen) atoms. The van der Waals surface area contributed by atoms with E-state index in [1.165, 1.54) is 6.07 Å². The van der Waals surface area contributed by atoms with Crippen molar-refractivity contribution in [2.24, 2.45) is 0 Å². The van der Waals surface area contributed by atoms with Gasteiger partial charge in [0, 0.05) is 16.6 Å². The summed E-state index contributed by atoms with van der Waals surface area (Å²) in [6, 6.07) is 5.01. The Labute approximate surface area is 107 Å². The third-order valence-electron chi connectivity index (χ3n) is 2.89. The highest BCUT2D eigenvalue weighted by atomic mass is 79.9. The zero-order valence-electron chi connectivity index (χ0n) is 9.31. The lowest BCUT2D eigenvalue weighted by atomic mass is 9.77. The minimum atomic E-state index is -0.637. The predicted octanol–water partition coefficient (Wildman–Crippen LogP) is 2.68. The summed E-state index contributed by atoms with van der Waals surface area (Å²) in [5.74, 6) is 0. The second-order valence-corrected chi connectivity index (χ2v) is 5.58. The summed E-state index contributed by atoms with van der Waals surface area (Å²) in [7, 11) is 0. The number of halogens is 1. The smallest absolute Gasteiger partial charge is 0.293 e. The molecule has 0 saturated heterocycles. The monoisotopic (exact) mass is 300 g/mol. The molecule has 0 unspecified atom stereocenters. The van der Waals surface area contributed by atoms with E-state index in [0.717, 1.165) is 0 Å². The highest BCUT2D eigenvalue weighted by Gasteiger charge is 2.38. The van der Waals surface area contributed by atoms with Crippen LogP contribution in [0.2, 0.25) is 0 Å². The number of benzene rings is 1. The third kappa shape index (κ3) is 2.76. The van der Waals surface area contributed by atoms with Gasteiger partial charge in [0.2, 0.25) is 0 Å². The fourth-order valence-electron chi connectivity index (χ4n) is 2.10. The molecule has 0 aliphatic heterocycles. The van der Waals surface area contributed by atoms with E-state index in [-0.39, 0.29) is 11.7 Å². The second-order valence-electron chi connectivity index (χ2n) is 4.67. The molecule has 1 saturated carbocycles. The normalized spacial score (nSPS) is 27.4. The Hall–Kier alpha value is -1.14. The van der Waals surface area contributed by atoms with Crippen molar-refractivity contribution in [3.8, 4) is 0 Å². The zero-order valence-corrected chi connectivity index (χ0v) is 10.9. The van der Waals surface area contributed by atoms with Crippen LogP contribution in [0.15, 0.2) is 22.7 Å². The van der Waals surface area contributed by atoms with Gasteiger partial charge in [-0.3, -0.25) is 10.1 Å². The molecule has 0 aromatic heterocycles. The van der Waals surface area contributed by atoms with E-state index < -0.39 is 10.5 Å². The van der Waals surface area contributed by atoms with Gasteiger partial charge in [-0.1, -0.05) is 15.9 Å². The number of rotatable bonds is 3. The maximum atomic E-state index is 10.9. The Balaban J connectivity index is 2.13. The molecule has 0 atom stereocenters. The molecule has 0 radical (unpaired) electrons. The fourth-order valence-corrected chi connectivity index (χ4v) is 2.45. The zero-order chi connectivity index (χ0) is 12.6. The number of anilines is 1. The molecule has 0 amide bonds. The van der Waals surface area contributed by atoms with Gasteiger partial charge >= 0.3 is 0 Å². The highest BCUT2D eigenvalue weighted by Crippen LogP contribution is 2.36. The minimum Gasteiger partial charge on any atom is -0.390 e. The molecule has 92 valence electrons. The van der Waals surface area contributed by atoms with E-state index in [1.807, 2.05) is 0 Å². The van der Waals surface area contributed by atoms with E-state index >= 15 is 0 Å². The van der Waals surface area contributed by atoms with Gasteiger partial charge in [0.15, 0.2) is 0 Å². The summed E-state index contributed by atoms with van der Waals surface area (Å²) in [6.07, 6.45) is 1.22. The quantitative estimate of drug-likeness (QED) is 0.665. The largest absolute Gasteiger partial charge is 0.390 e.